The van der Waals surface area contributed by atoms with Crippen molar-refractivity contribution in [1.29, 1.82) is 0 Å². The Kier molecular flexibility index (Phi) is 11.2. The molecule has 0 aliphatic carbocycles. The molecule has 41 heavy (non-hydrogen) atoms. The average molecular weight is 581 g/mol. The van der Waals surface area contributed by atoms with Crippen molar-refractivity contribution < 1.29 is 42.9 Å². The second-order valence-corrected chi connectivity index (χ2v) is 14.3. The highest BCUT2D eigenvalue weighted by atomic mass is 16.7. The highest BCUT2D eigenvalue weighted by molar-refractivity contribution is 6.04. The molecule has 2 aliphatic heterocycles. The van der Waals surface area contributed by atoms with Crippen LogP contribution in [0.2, 0.25) is 0 Å². The summed E-state index contributed by atoms with van der Waals surface area (Å²) in [5.41, 5.74) is -4.51. The zero-order valence-electron chi connectivity index (χ0n) is 26.9. The number of Topliss-reactive ketones (excluding diaryl/α,β-unsaturated/α-hetero) is 1. The second kappa shape index (κ2) is 13.3. The van der Waals surface area contributed by atoms with Crippen LogP contribution in [-0.2, 0) is 42.9 Å². The van der Waals surface area contributed by atoms with Gasteiger partial charge >= 0.3 is 17.9 Å². The van der Waals surface area contributed by atoms with Crippen molar-refractivity contribution in [2.75, 3.05) is 0 Å². The Bertz CT molecular complexity index is 992. The molecule has 0 amide bonds. The van der Waals surface area contributed by atoms with E-state index in [1.54, 1.807) is 62.3 Å². The third kappa shape index (κ3) is 9.83. The van der Waals surface area contributed by atoms with E-state index in [9.17, 15) is 19.2 Å². The van der Waals surface area contributed by atoms with Gasteiger partial charge in [-0.25, -0.2) is 4.79 Å². The number of unbranched alkanes of at least 4 members (excludes halogenated alkanes) is 6. The largest absolute Gasteiger partial charge is 0.462 e. The number of ketones is 1. The predicted molar refractivity (Wildman–Crippen MR) is 154 cm³/mol. The highest BCUT2D eigenvalue weighted by Crippen LogP contribution is 2.51. The maximum absolute atomic E-state index is 13.9. The summed E-state index contributed by atoms with van der Waals surface area (Å²) in [6.45, 7) is 17.3. The molecular weight excluding hydrogens is 528 g/mol. The van der Waals surface area contributed by atoms with Crippen LogP contribution in [0.1, 0.15) is 133 Å². The normalized spacial score (nSPS) is 24.7. The van der Waals surface area contributed by atoms with E-state index in [0.29, 0.717) is 12.0 Å². The number of esters is 3. The number of rotatable bonds is 12. The Morgan fingerprint density at radius 1 is 0.829 bits per heavy atom. The van der Waals surface area contributed by atoms with Crippen LogP contribution in [0.5, 0.6) is 0 Å². The molecule has 3 atom stereocenters. The van der Waals surface area contributed by atoms with Gasteiger partial charge in [0.2, 0.25) is 5.78 Å². The first kappa shape index (κ1) is 34.8. The molecule has 234 valence electrons. The Morgan fingerprint density at radius 3 is 1.90 bits per heavy atom. The lowest BCUT2D eigenvalue weighted by Gasteiger charge is -2.35. The fraction of sp³-hybridized carbons (Fsp3) is 0.812. The third-order valence-electron chi connectivity index (χ3n) is 6.72. The lowest BCUT2D eigenvalue weighted by Crippen LogP contribution is -2.54. The van der Waals surface area contributed by atoms with Gasteiger partial charge in [-0.05, 0) is 75.2 Å². The van der Waals surface area contributed by atoms with Crippen LogP contribution in [-0.4, -0.2) is 51.9 Å². The van der Waals surface area contributed by atoms with E-state index < -0.39 is 64.2 Å². The molecule has 1 spiro atoms. The van der Waals surface area contributed by atoms with Crippen LogP contribution < -0.4 is 0 Å². The van der Waals surface area contributed by atoms with Crippen molar-refractivity contribution in [3.8, 4) is 0 Å². The lowest BCUT2D eigenvalue weighted by atomic mass is 9.82. The fourth-order valence-electron chi connectivity index (χ4n) is 5.03. The zero-order chi connectivity index (χ0) is 31.3. The first-order valence-electron chi connectivity index (χ1n) is 15.0. The monoisotopic (exact) mass is 580 g/mol. The van der Waals surface area contributed by atoms with Gasteiger partial charge < -0.3 is 23.7 Å². The fourth-order valence-corrected chi connectivity index (χ4v) is 5.03. The number of hydrogen-bond donors (Lipinski definition) is 0. The molecule has 0 N–H and O–H groups in total. The summed E-state index contributed by atoms with van der Waals surface area (Å²) in [7, 11) is 0. The molecule has 2 aliphatic rings. The molecule has 1 fully saturated rings. The SMILES string of the molecule is CCCCCCCCCC1=CO[C@]2(C[C@H](C(=O)OC(C)(C)C)[C@@](CC(=O)OC(C)(C)C)(C(=O)OC(C)(C)C)O2)C1=O. The minimum Gasteiger partial charge on any atom is -0.462 e. The van der Waals surface area contributed by atoms with E-state index in [-0.39, 0.29) is 6.42 Å². The summed E-state index contributed by atoms with van der Waals surface area (Å²) in [6, 6.07) is 0. The van der Waals surface area contributed by atoms with E-state index >= 15 is 0 Å². The summed E-state index contributed by atoms with van der Waals surface area (Å²) in [4.78, 5) is 54.4. The number of hydrogen-bond acceptors (Lipinski definition) is 9. The summed E-state index contributed by atoms with van der Waals surface area (Å²) in [5, 5.41) is 0. The van der Waals surface area contributed by atoms with Crippen LogP contribution in [0, 0.1) is 5.92 Å². The van der Waals surface area contributed by atoms with Crippen LogP contribution in [0.4, 0.5) is 0 Å². The van der Waals surface area contributed by atoms with Crippen LogP contribution in [0.3, 0.4) is 0 Å². The predicted octanol–water partition coefficient (Wildman–Crippen LogP) is 6.50. The Morgan fingerprint density at radius 2 is 1.37 bits per heavy atom. The third-order valence-corrected chi connectivity index (χ3v) is 6.72. The molecule has 1 saturated heterocycles. The molecule has 9 heteroatoms. The molecule has 0 aromatic rings. The van der Waals surface area contributed by atoms with Gasteiger partial charge in [0.25, 0.3) is 5.79 Å². The van der Waals surface area contributed by atoms with E-state index in [4.69, 9.17) is 23.7 Å². The lowest BCUT2D eigenvalue weighted by molar-refractivity contribution is -0.233. The summed E-state index contributed by atoms with van der Waals surface area (Å²) in [6.07, 6.45) is 8.51. The molecule has 9 nitrogen and oxygen atoms in total. The molecule has 0 aromatic carbocycles. The van der Waals surface area contributed by atoms with Gasteiger partial charge in [0.1, 0.15) is 22.7 Å². The van der Waals surface area contributed by atoms with Crippen molar-refractivity contribution in [1.82, 2.24) is 0 Å². The minimum atomic E-state index is -2.20. The smallest absolute Gasteiger partial charge is 0.340 e. The quantitative estimate of drug-likeness (QED) is 0.145. The molecule has 0 bridgehead atoms. The van der Waals surface area contributed by atoms with Gasteiger partial charge in [0, 0.05) is 12.0 Å². The van der Waals surface area contributed by atoms with E-state index in [2.05, 4.69) is 6.92 Å². The Labute approximate surface area is 246 Å². The molecule has 0 unspecified atom stereocenters. The topological polar surface area (TPSA) is 114 Å². The molecule has 0 saturated carbocycles. The molecular formula is C32H52O9. The standard InChI is InChI=1S/C32H52O9/c1-11-12-13-14-15-16-17-18-22-21-37-32(25(22)34)19-23(26(35)39-29(5,6)7)31(41-32,27(36)40-30(8,9)10)20-24(33)38-28(2,3)4/h21,23H,11-20H2,1-10H3/t23-,31+,32+/m1/s1. The Hall–Kier alpha value is -2.42. The van der Waals surface area contributed by atoms with E-state index in [1.165, 1.54) is 25.5 Å². The number of ether oxygens (including phenoxy) is 5. The van der Waals surface area contributed by atoms with Crippen LogP contribution in [0.15, 0.2) is 11.8 Å². The van der Waals surface area contributed by atoms with Gasteiger partial charge in [-0.2, -0.15) is 0 Å². The molecule has 2 heterocycles. The maximum Gasteiger partial charge on any atom is 0.340 e. The van der Waals surface area contributed by atoms with Gasteiger partial charge in [-0.3, -0.25) is 14.4 Å². The summed E-state index contributed by atoms with van der Waals surface area (Å²) in [5.74, 6) is -6.29. The summed E-state index contributed by atoms with van der Waals surface area (Å²) < 4.78 is 29.0. The molecule has 2 rings (SSSR count). The van der Waals surface area contributed by atoms with Crippen molar-refractivity contribution >= 4 is 23.7 Å². The highest BCUT2D eigenvalue weighted by Gasteiger charge is 2.70. The second-order valence-electron chi connectivity index (χ2n) is 14.3. The average Bonchev–Trinajstić information content (AvgIpc) is 3.27. The first-order valence-corrected chi connectivity index (χ1v) is 15.0. The van der Waals surface area contributed by atoms with Crippen molar-refractivity contribution in [2.24, 2.45) is 5.92 Å². The van der Waals surface area contributed by atoms with Crippen LogP contribution >= 0.6 is 0 Å². The van der Waals surface area contributed by atoms with Crippen LogP contribution in [0.25, 0.3) is 0 Å². The van der Waals surface area contributed by atoms with Crippen molar-refractivity contribution in [2.45, 2.75) is 162 Å². The van der Waals surface area contributed by atoms with E-state index in [0.717, 1.165) is 25.7 Å². The van der Waals surface area contributed by atoms with Crippen molar-refractivity contribution in [3.63, 3.8) is 0 Å². The minimum absolute atomic E-state index is 0.306. The van der Waals surface area contributed by atoms with Gasteiger partial charge in [-0.1, -0.05) is 45.4 Å². The van der Waals surface area contributed by atoms with Gasteiger partial charge in [-0.15, -0.1) is 0 Å². The Balaban J connectivity index is 2.40. The molecule has 0 aromatic heterocycles. The zero-order valence-corrected chi connectivity index (χ0v) is 26.9. The summed E-state index contributed by atoms with van der Waals surface area (Å²) >= 11 is 0. The van der Waals surface area contributed by atoms with Gasteiger partial charge in [0.05, 0.1) is 12.7 Å². The number of carbonyl (C=O) groups is 4. The maximum atomic E-state index is 13.9. The van der Waals surface area contributed by atoms with Crippen molar-refractivity contribution in [3.05, 3.63) is 11.8 Å². The number of carbonyl (C=O) groups excluding carboxylic acids is 4. The van der Waals surface area contributed by atoms with Gasteiger partial charge in [0.15, 0.2) is 5.60 Å². The first-order chi connectivity index (χ1) is 18.7. The molecule has 0 radical (unpaired) electrons. The van der Waals surface area contributed by atoms with E-state index in [1.807, 2.05) is 0 Å².